The van der Waals surface area contributed by atoms with E-state index >= 15 is 0 Å². The van der Waals surface area contributed by atoms with Gasteiger partial charge in [0.15, 0.2) is 5.69 Å². The molecule has 0 aliphatic carbocycles. The molecule has 0 spiro atoms. The number of anilines is 1. The van der Waals surface area contributed by atoms with E-state index in [9.17, 15) is 4.79 Å². The molecule has 1 heterocycles. The first kappa shape index (κ1) is 14.4. The Morgan fingerprint density at radius 2 is 2.11 bits per heavy atom. The molecule has 0 atom stereocenters. The van der Waals surface area contributed by atoms with Gasteiger partial charge in [0.2, 0.25) is 0 Å². The lowest BCUT2D eigenvalue weighted by Crippen LogP contribution is -2.19. The van der Waals surface area contributed by atoms with Crippen molar-refractivity contribution in [3.8, 4) is 0 Å². The van der Waals surface area contributed by atoms with Gasteiger partial charge in [0, 0.05) is 27.3 Å². The molecule has 2 N–H and O–H groups in total. The number of nitrogens with one attached hydrogen (secondary N) is 2. The molecule has 0 fully saturated rings. The topological polar surface area (TPSA) is 76.1 Å². The number of hydrogen-bond acceptors (Lipinski definition) is 5. The maximum Gasteiger partial charge on any atom is 0.271 e. The summed E-state index contributed by atoms with van der Waals surface area (Å²) in [5.74, 6) is 0.461. The van der Waals surface area contributed by atoms with E-state index in [1.54, 1.807) is 26.3 Å². The van der Waals surface area contributed by atoms with Crippen LogP contribution >= 0.6 is 0 Å². The highest BCUT2D eigenvalue weighted by molar-refractivity contribution is 5.91. The summed E-state index contributed by atoms with van der Waals surface area (Å²) < 4.78 is 4.97. The van der Waals surface area contributed by atoms with Gasteiger partial charge in [-0.3, -0.25) is 4.79 Å². The van der Waals surface area contributed by atoms with Crippen LogP contribution in [0.3, 0.4) is 0 Å². The molecule has 0 aliphatic rings. The van der Waals surface area contributed by atoms with Crippen molar-refractivity contribution in [2.24, 2.45) is 0 Å². The Morgan fingerprint density at radius 1 is 1.28 bits per heavy atom. The maximum absolute atomic E-state index is 11.2. The summed E-state index contributed by atoms with van der Waals surface area (Å²) in [6, 6.07) is 3.41. The lowest BCUT2D eigenvalue weighted by Gasteiger charge is -2.05. The highest BCUT2D eigenvalue weighted by atomic mass is 16.5. The summed E-state index contributed by atoms with van der Waals surface area (Å²) in [4.78, 5) is 11.2. The van der Waals surface area contributed by atoms with Gasteiger partial charge in [-0.15, -0.1) is 10.2 Å². The minimum absolute atomic E-state index is 0.228. The smallest absolute Gasteiger partial charge is 0.271 e. The summed E-state index contributed by atoms with van der Waals surface area (Å²) in [5, 5.41) is 13.4. The van der Waals surface area contributed by atoms with Crippen LogP contribution in [0.5, 0.6) is 0 Å². The average Bonchev–Trinajstić information content (AvgIpc) is 2.42. The average molecular weight is 252 g/mol. The van der Waals surface area contributed by atoms with Crippen LogP contribution in [0.25, 0.3) is 0 Å². The van der Waals surface area contributed by atoms with Gasteiger partial charge >= 0.3 is 0 Å². The fourth-order valence-corrected chi connectivity index (χ4v) is 1.44. The normalized spacial score (nSPS) is 10.1. The van der Waals surface area contributed by atoms with E-state index in [1.165, 1.54) is 0 Å². The number of hydrogen-bond donors (Lipinski definition) is 2. The van der Waals surface area contributed by atoms with Crippen LogP contribution in [-0.4, -0.2) is 43.4 Å². The first-order valence-electron chi connectivity index (χ1n) is 6.06. The van der Waals surface area contributed by atoms with Crippen molar-refractivity contribution in [1.82, 2.24) is 15.5 Å². The van der Waals surface area contributed by atoms with Crippen LogP contribution in [0.4, 0.5) is 5.82 Å². The first-order chi connectivity index (χ1) is 8.77. The molecule has 6 nitrogen and oxygen atoms in total. The second-order valence-electron chi connectivity index (χ2n) is 3.86. The predicted molar refractivity (Wildman–Crippen MR) is 69.6 cm³/mol. The van der Waals surface area contributed by atoms with Crippen LogP contribution in [0, 0.1) is 0 Å². The van der Waals surface area contributed by atoms with E-state index in [2.05, 4.69) is 20.8 Å². The number of carbonyl (C=O) groups excluding carboxylic acids is 1. The van der Waals surface area contributed by atoms with E-state index in [0.717, 1.165) is 32.4 Å². The number of carbonyl (C=O) groups is 1. The molecule has 0 radical (unpaired) electrons. The molecule has 0 unspecified atom stereocenters. The summed E-state index contributed by atoms with van der Waals surface area (Å²) in [7, 11) is 3.28. The molecule has 1 rings (SSSR count). The Balaban J connectivity index is 2.25. The fourth-order valence-electron chi connectivity index (χ4n) is 1.44. The van der Waals surface area contributed by atoms with Gasteiger partial charge in [-0.25, -0.2) is 0 Å². The number of amides is 1. The Labute approximate surface area is 107 Å². The van der Waals surface area contributed by atoms with Crippen molar-refractivity contribution in [3.63, 3.8) is 0 Å². The third-order valence-corrected chi connectivity index (χ3v) is 2.46. The monoisotopic (exact) mass is 252 g/mol. The van der Waals surface area contributed by atoms with Crippen molar-refractivity contribution in [3.05, 3.63) is 17.8 Å². The SMILES string of the molecule is CNC(=O)c1ccc(NCCCCCOC)nn1. The highest BCUT2D eigenvalue weighted by Crippen LogP contribution is 2.03. The van der Waals surface area contributed by atoms with E-state index in [1.807, 2.05) is 0 Å². The number of aromatic nitrogens is 2. The number of unbranched alkanes of at least 4 members (excludes halogenated alkanes) is 2. The molecule has 1 amide bonds. The van der Waals surface area contributed by atoms with Crippen LogP contribution < -0.4 is 10.6 Å². The van der Waals surface area contributed by atoms with E-state index in [0.29, 0.717) is 11.5 Å². The second-order valence-corrected chi connectivity index (χ2v) is 3.86. The highest BCUT2D eigenvalue weighted by Gasteiger charge is 2.04. The molecule has 0 aliphatic heterocycles. The molecule has 0 saturated carbocycles. The molecular weight excluding hydrogens is 232 g/mol. The van der Waals surface area contributed by atoms with Crippen LogP contribution in [0.15, 0.2) is 12.1 Å². The Bertz CT molecular complexity index is 354. The zero-order chi connectivity index (χ0) is 13.2. The number of rotatable bonds is 8. The van der Waals surface area contributed by atoms with E-state index < -0.39 is 0 Å². The van der Waals surface area contributed by atoms with Crippen molar-refractivity contribution >= 4 is 11.7 Å². The first-order valence-corrected chi connectivity index (χ1v) is 6.06. The fraction of sp³-hybridized carbons (Fsp3) is 0.583. The van der Waals surface area contributed by atoms with Crippen molar-refractivity contribution < 1.29 is 9.53 Å². The molecule has 18 heavy (non-hydrogen) atoms. The van der Waals surface area contributed by atoms with Gasteiger partial charge in [-0.1, -0.05) is 0 Å². The third-order valence-electron chi connectivity index (χ3n) is 2.46. The molecule has 0 saturated heterocycles. The minimum Gasteiger partial charge on any atom is -0.385 e. The third kappa shape index (κ3) is 5.09. The Hall–Kier alpha value is -1.69. The molecule has 100 valence electrons. The summed E-state index contributed by atoms with van der Waals surface area (Å²) >= 11 is 0. The van der Waals surface area contributed by atoms with Gasteiger partial charge in [0.05, 0.1) is 0 Å². The zero-order valence-corrected chi connectivity index (χ0v) is 10.9. The number of nitrogens with zero attached hydrogens (tertiary/aromatic N) is 2. The Morgan fingerprint density at radius 3 is 2.72 bits per heavy atom. The van der Waals surface area contributed by atoms with E-state index in [-0.39, 0.29) is 5.91 Å². The van der Waals surface area contributed by atoms with Crippen LogP contribution in [0.2, 0.25) is 0 Å². The number of ether oxygens (including phenoxy) is 1. The predicted octanol–water partition coefficient (Wildman–Crippen LogP) is 1.06. The lowest BCUT2D eigenvalue weighted by molar-refractivity contribution is 0.0957. The molecule has 6 heteroatoms. The molecule has 0 bridgehead atoms. The van der Waals surface area contributed by atoms with Gasteiger partial charge in [0.25, 0.3) is 5.91 Å². The van der Waals surface area contributed by atoms with Crippen molar-refractivity contribution in [2.45, 2.75) is 19.3 Å². The van der Waals surface area contributed by atoms with E-state index in [4.69, 9.17) is 4.74 Å². The minimum atomic E-state index is -0.228. The van der Waals surface area contributed by atoms with Crippen molar-refractivity contribution in [1.29, 1.82) is 0 Å². The maximum atomic E-state index is 11.2. The number of methoxy groups -OCH3 is 1. The van der Waals surface area contributed by atoms with Crippen molar-refractivity contribution in [2.75, 3.05) is 32.6 Å². The molecule has 1 aromatic heterocycles. The molecule has 0 aromatic carbocycles. The quantitative estimate of drug-likeness (QED) is 0.677. The van der Waals surface area contributed by atoms with Crippen LogP contribution in [-0.2, 0) is 4.74 Å². The largest absolute Gasteiger partial charge is 0.385 e. The lowest BCUT2D eigenvalue weighted by atomic mass is 10.2. The van der Waals surface area contributed by atoms with Gasteiger partial charge in [0.1, 0.15) is 5.82 Å². The second kappa shape index (κ2) is 8.41. The molecular formula is C12H20N4O2. The zero-order valence-electron chi connectivity index (χ0n) is 10.9. The van der Waals surface area contributed by atoms with Gasteiger partial charge < -0.3 is 15.4 Å². The Kier molecular flexibility index (Phi) is 6.71. The summed E-state index contributed by atoms with van der Waals surface area (Å²) in [6.45, 7) is 1.65. The summed E-state index contributed by atoms with van der Waals surface area (Å²) in [5.41, 5.74) is 0.322. The van der Waals surface area contributed by atoms with Gasteiger partial charge in [-0.2, -0.15) is 0 Å². The molecule has 1 aromatic rings. The summed E-state index contributed by atoms with van der Waals surface area (Å²) in [6.07, 6.45) is 3.24. The van der Waals surface area contributed by atoms with Gasteiger partial charge in [-0.05, 0) is 31.4 Å². The van der Waals surface area contributed by atoms with Crippen LogP contribution in [0.1, 0.15) is 29.8 Å². The standard InChI is InChI=1S/C12H20N4O2/c1-13-12(17)10-6-7-11(16-15-10)14-8-4-3-5-9-18-2/h6-7H,3-5,8-9H2,1-2H3,(H,13,17)(H,14,16).